The van der Waals surface area contributed by atoms with Crippen molar-refractivity contribution in [3.8, 4) is 0 Å². The van der Waals surface area contributed by atoms with Crippen molar-refractivity contribution in [2.45, 2.75) is 45.2 Å². The van der Waals surface area contributed by atoms with Crippen LogP contribution in [0, 0.1) is 5.41 Å². The van der Waals surface area contributed by atoms with Gasteiger partial charge in [0.05, 0.1) is 18.3 Å². The minimum absolute atomic E-state index is 0.0491. The lowest BCUT2D eigenvalue weighted by molar-refractivity contribution is 0.181. The number of hydrogen-bond acceptors (Lipinski definition) is 7. The molecule has 2 heterocycles. The lowest BCUT2D eigenvalue weighted by atomic mass is 9.99. The molecule has 150 valence electrons. The summed E-state index contributed by atoms with van der Waals surface area (Å²) in [5, 5.41) is 17.7. The topological polar surface area (TPSA) is 104 Å². The van der Waals surface area contributed by atoms with E-state index in [4.69, 9.17) is 38.8 Å². The third-order valence-corrected chi connectivity index (χ3v) is 5.47. The van der Waals surface area contributed by atoms with Crippen molar-refractivity contribution in [2.24, 2.45) is 10.7 Å². The van der Waals surface area contributed by atoms with E-state index in [2.05, 4.69) is 27.0 Å². The lowest BCUT2D eigenvalue weighted by Gasteiger charge is -2.38. The van der Waals surface area contributed by atoms with Crippen LogP contribution in [-0.2, 0) is 0 Å². The lowest BCUT2D eigenvalue weighted by Crippen LogP contribution is -2.51. The fourth-order valence-corrected chi connectivity index (χ4v) is 3.75. The molecule has 2 atom stereocenters. The zero-order valence-electron chi connectivity index (χ0n) is 16.1. The maximum atomic E-state index is 8.44. The van der Waals surface area contributed by atoms with Crippen LogP contribution in [0.5, 0.6) is 0 Å². The molecule has 3 rings (SSSR count). The Labute approximate surface area is 174 Å². The van der Waals surface area contributed by atoms with Gasteiger partial charge in [-0.25, -0.2) is 0 Å². The molecular weight excluding hydrogens is 399 g/mol. The highest BCUT2D eigenvalue weighted by atomic mass is 35.5. The second kappa shape index (κ2) is 8.59. The van der Waals surface area contributed by atoms with Crippen molar-refractivity contribution in [1.29, 1.82) is 5.41 Å². The molecule has 0 fully saturated rings. The third kappa shape index (κ3) is 4.37. The minimum Gasteiger partial charge on any atom is -0.419 e. The van der Waals surface area contributed by atoms with E-state index in [1.807, 2.05) is 19.9 Å². The van der Waals surface area contributed by atoms with Crippen molar-refractivity contribution in [2.75, 3.05) is 13.1 Å². The summed E-state index contributed by atoms with van der Waals surface area (Å²) in [6.07, 6.45) is 0.317. The van der Waals surface area contributed by atoms with Crippen LogP contribution in [0.3, 0.4) is 0 Å². The Morgan fingerprint density at radius 2 is 2.07 bits per heavy atom. The molecule has 0 bridgehead atoms. The number of nitrogens with two attached hydrogens (primary N) is 1. The molecule has 0 spiro atoms. The maximum Gasteiger partial charge on any atom is 0.261 e. The normalized spacial score (nSPS) is 18.9. The molecule has 0 radical (unpaired) electrons. The van der Waals surface area contributed by atoms with Crippen LogP contribution in [0.25, 0.3) is 0 Å². The van der Waals surface area contributed by atoms with E-state index >= 15 is 0 Å². The number of benzene rings is 1. The molecule has 0 saturated carbocycles. The second-order valence-electron chi connectivity index (χ2n) is 7.18. The predicted molar refractivity (Wildman–Crippen MR) is 112 cm³/mol. The number of halogens is 2. The molecular formula is C19H24Cl2N6O. The van der Waals surface area contributed by atoms with Crippen LogP contribution < -0.4 is 5.73 Å². The van der Waals surface area contributed by atoms with E-state index in [-0.39, 0.29) is 29.6 Å². The largest absolute Gasteiger partial charge is 0.419 e. The summed E-state index contributed by atoms with van der Waals surface area (Å²) in [6, 6.07) is 5.11. The number of nitrogens with zero attached hydrogens (tertiary/aromatic N) is 4. The van der Waals surface area contributed by atoms with Crippen LogP contribution in [0.15, 0.2) is 27.6 Å². The summed E-state index contributed by atoms with van der Waals surface area (Å²) < 4.78 is 5.61. The van der Waals surface area contributed by atoms with Gasteiger partial charge in [0.1, 0.15) is 5.84 Å². The van der Waals surface area contributed by atoms with Gasteiger partial charge >= 0.3 is 0 Å². The van der Waals surface area contributed by atoms with Crippen molar-refractivity contribution in [3.05, 3.63) is 45.6 Å². The molecule has 1 aromatic heterocycles. The number of amidine groups is 1. The van der Waals surface area contributed by atoms with Gasteiger partial charge in [0.15, 0.2) is 0 Å². The Hall–Kier alpha value is -1.96. The van der Waals surface area contributed by atoms with Crippen molar-refractivity contribution >= 4 is 34.7 Å². The number of nitrogens with one attached hydrogen (secondary N) is 1. The van der Waals surface area contributed by atoms with Crippen LogP contribution in [-0.4, -0.2) is 45.8 Å². The first-order chi connectivity index (χ1) is 13.3. The summed E-state index contributed by atoms with van der Waals surface area (Å²) >= 11 is 12.6. The first-order valence-electron chi connectivity index (χ1n) is 9.19. The van der Waals surface area contributed by atoms with Crippen LogP contribution in [0.2, 0.25) is 10.0 Å². The minimum atomic E-state index is -0.263. The zero-order chi connectivity index (χ0) is 20.4. The van der Waals surface area contributed by atoms with E-state index < -0.39 is 0 Å². The Morgan fingerprint density at radius 1 is 1.32 bits per heavy atom. The second-order valence-corrected chi connectivity index (χ2v) is 8.03. The van der Waals surface area contributed by atoms with Gasteiger partial charge in [0.2, 0.25) is 5.89 Å². The fourth-order valence-electron chi connectivity index (χ4n) is 3.29. The monoisotopic (exact) mass is 422 g/mol. The van der Waals surface area contributed by atoms with E-state index in [0.717, 1.165) is 5.56 Å². The van der Waals surface area contributed by atoms with E-state index in [9.17, 15) is 0 Å². The van der Waals surface area contributed by atoms with Crippen molar-refractivity contribution in [1.82, 2.24) is 15.1 Å². The first-order valence-corrected chi connectivity index (χ1v) is 9.95. The molecule has 7 nitrogen and oxygen atoms in total. The summed E-state index contributed by atoms with van der Waals surface area (Å²) in [4.78, 5) is 6.58. The molecule has 3 N–H and O–H groups in total. The Morgan fingerprint density at radius 3 is 2.75 bits per heavy atom. The SMILES string of the molecule is CC(C)c1nnc(C(=N)CC2C(N)=NCCN2C(C)c2cc(Cl)ccc2Cl)o1. The summed E-state index contributed by atoms with van der Waals surface area (Å²) in [7, 11) is 0. The average molecular weight is 423 g/mol. The predicted octanol–water partition coefficient (Wildman–Crippen LogP) is 4.06. The highest BCUT2D eigenvalue weighted by Gasteiger charge is 2.32. The Kier molecular flexibility index (Phi) is 6.37. The first kappa shape index (κ1) is 20.8. The van der Waals surface area contributed by atoms with Gasteiger partial charge in [-0.15, -0.1) is 10.2 Å². The van der Waals surface area contributed by atoms with Gasteiger partial charge in [-0.1, -0.05) is 37.0 Å². The molecule has 1 aromatic carbocycles. The number of rotatable bonds is 6. The summed E-state index contributed by atoms with van der Waals surface area (Å²) in [5.74, 6) is 1.33. The highest BCUT2D eigenvalue weighted by molar-refractivity contribution is 6.33. The number of hydrogen-bond donors (Lipinski definition) is 2. The molecule has 28 heavy (non-hydrogen) atoms. The van der Waals surface area contributed by atoms with E-state index in [1.54, 1.807) is 12.1 Å². The molecule has 1 aliphatic heterocycles. The average Bonchev–Trinajstić information content (AvgIpc) is 3.15. The number of aromatic nitrogens is 2. The zero-order valence-corrected chi connectivity index (χ0v) is 17.6. The Balaban J connectivity index is 1.84. The highest BCUT2D eigenvalue weighted by Crippen LogP contribution is 2.32. The van der Waals surface area contributed by atoms with Crippen LogP contribution in [0.4, 0.5) is 0 Å². The summed E-state index contributed by atoms with van der Waals surface area (Å²) in [5.41, 5.74) is 7.37. The van der Waals surface area contributed by atoms with Crippen molar-refractivity contribution < 1.29 is 4.42 Å². The Bertz CT molecular complexity index is 894. The van der Waals surface area contributed by atoms with Gasteiger partial charge in [0, 0.05) is 35.0 Å². The van der Waals surface area contributed by atoms with Crippen LogP contribution >= 0.6 is 23.2 Å². The molecule has 1 aliphatic rings. The molecule has 2 aromatic rings. The van der Waals surface area contributed by atoms with Gasteiger partial charge in [-0.3, -0.25) is 15.3 Å². The maximum absolute atomic E-state index is 8.44. The third-order valence-electron chi connectivity index (χ3n) is 4.89. The fraction of sp³-hybridized carbons (Fsp3) is 0.474. The summed E-state index contributed by atoms with van der Waals surface area (Å²) in [6.45, 7) is 7.27. The molecule has 2 unspecified atom stereocenters. The van der Waals surface area contributed by atoms with Crippen molar-refractivity contribution in [3.63, 3.8) is 0 Å². The van der Waals surface area contributed by atoms with Gasteiger partial charge < -0.3 is 10.2 Å². The molecule has 0 saturated heterocycles. The smallest absolute Gasteiger partial charge is 0.261 e. The van der Waals surface area contributed by atoms with Gasteiger partial charge in [0.25, 0.3) is 5.89 Å². The standard InChI is InChI=1S/C19H24Cl2N6O/c1-10(2)18-25-26-19(28-18)15(22)9-16-17(23)24-6-7-27(16)11(3)13-8-12(20)4-5-14(13)21/h4-5,8,10-11,16,22H,6-7,9H2,1-3H3,(H2,23,24). The van der Waals surface area contributed by atoms with E-state index in [0.29, 0.717) is 41.3 Å². The van der Waals surface area contributed by atoms with Gasteiger partial charge in [-0.05, 0) is 30.7 Å². The van der Waals surface area contributed by atoms with Gasteiger partial charge in [-0.2, -0.15) is 0 Å². The quantitative estimate of drug-likeness (QED) is 0.682. The van der Waals surface area contributed by atoms with Crippen LogP contribution in [0.1, 0.15) is 56.5 Å². The van der Waals surface area contributed by atoms with E-state index in [1.165, 1.54) is 0 Å². The molecule has 9 heteroatoms. The molecule has 0 aliphatic carbocycles. The number of aliphatic imine (C=N–C) groups is 1. The molecule has 0 amide bonds.